The van der Waals surface area contributed by atoms with E-state index in [4.69, 9.17) is 5.73 Å². The van der Waals surface area contributed by atoms with E-state index in [9.17, 15) is 4.79 Å². The number of halogens is 1. The lowest BCUT2D eigenvalue weighted by molar-refractivity contribution is 0.100. The average Bonchev–Trinajstić information content (AvgIpc) is 2.56. The Morgan fingerprint density at radius 3 is 2.25 bits per heavy atom. The van der Waals surface area contributed by atoms with Gasteiger partial charge in [-0.15, -0.1) is 24.0 Å². The maximum atomic E-state index is 11.1. The Balaban J connectivity index is 0.00000288. The third-order valence-electron chi connectivity index (χ3n) is 3.53. The van der Waals surface area contributed by atoms with E-state index in [1.54, 1.807) is 19.2 Å². The lowest BCUT2D eigenvalue weighted by atomic mass is 10.1. The lowest BCUT2D eigenvalue weighted by Gasteiger charge is -2.22. The number of primary amides is 1. The van der Waals surface area contributed by atoms with Crippen molar-refractivity contribution in [3.8, 4) is 0 Å². The van der Waals surface area contributed by atoms with Gasteiger partial charge in [-0.3, -0.25) is 9.79 Å². The number of guanidine groups is 1. The zero-order valence-electron chi connectivity index (χ0n) is 13.9. The number of carbonyl (C=O) groups excluding carboxylic acids is 1. The van der Waals surface area contributed by atoms with Crippen LogP contribution in [-0.4, -0.2) is 30.9 Å². The number of nitrogens with zero attached hydrogens (tertiary/aromatic N) is 2. The van der Waals surface area contributed by atoms with E-state index < -0.39 is 5.91 Å². The van der Waals surface area contributed by atoms with Crippen LogP contribution in [0.15, 0.2) is 59.6 Å². The molecule has 5 nitrogen and oxygen atoms in total. The smallest absolute Gasteiger partial charge is 0.248 e. The van der Waals surface area contributed by atoms with Crippen LogP contribution in [0.4, 0.5) is 0 Å². The van der Waals surface area contributed by atoms with E-state index in [1.165, 1.54) is 5.56 Å². The number of hydrogen-bond donors (Lipinski definition) is 2. The molecule has 0 radical (unpaired) electrons. The summed E-state index contributed by atoms with van der Waals surface area (Å²) in [5.41, 5.74) is 8.04. The minimum Gasteiger partial charge on any atom is -0.366 e. The molecule has 0 unspecified atom stereocenters. The van der Waals surface area contributed by atoms with Crippen LogP contribution < -0.4 is 11.1 Å². The highest BCUT2D eigenvalue weighted by atomic mass is 127. The SMILES string of the molecule is CN=C(NCc1ccc(C(N)=O)cc1)N(C)Cc1ccccc1.I. The van der Waals surface area contributed by atoms with Gasteiger partial charge in [0.1, 0.15) is 0 Å². The summed E-state index contributed by atoms with van der Waals surface area (Å²) in [6, 6.07) is 17.5. The summed E-state index contributed by atoms with van der Waals surface area (Å²) in [5.74, 6) is 0.399. The van der Waals surface area contributed by atoms with Crippen LogP contribution in [0.2, 0.25) is 0 Å². The van der Waals surface area contributed by atoms with Gasteiger partial charge < -0.3 is 16.0 Å². The number of hydrogen-bond acceptors (Lipinski definition) is 2. The van der Waals surface area contributed by atoms with E-state index >= 15 is 0 Å². The first-order valence-electron chi connectivity index (χ1n) is 7.44. The quantitative estimate of drug-likeness (QED) is 0.429. The largest absolute Gasteiger partial charge is 0.366 e. The number of rotatable bonds is 5. The molecule has 0 spiro atoms. The molecule has 0 bridgehead atoms. The van der Waals surface area contributed by atoms with Gasteiger partial charge in [-0.25, -0.2) is 0 Å². The average molecular weight is 438 g/mol. The fourth-order valence-electron chi connectivity index (χ4n) is 2.28. The highest BCUT2D eigenvalue weighted by molar-refractivity contribution is 14.0. The van der Waals surface area contributed by atoms with Gasteiger partial charge in [0.25, 0.3) is 0 Å². The second-order valence-corrected chi connectivity index (χ2v) is 5.30. The van der Waals surface area contributed by atoms with Crippen molar-refractivity contribution in [1.82, 2.24) is 10.2 Å². The molecule has 1 amide bonds. The van der Waals surface area contributed by atoms with Crippen molar-refractivity contribution in [1.29, 1.82) is 0 Å². The number of benzene rings is 2. The highest BCUT2D eigenvalue weighted by Crippen LogP contribution is 2.05. The Bertz CT molecular complexity index is 671. The topological polar surface area (TPSA) is 70.7 Å². The number of aliphatic imine (C=N–C) groups is 1. The van der Waals surface area contributed by atoms with Gasteiger partial charge in [0.2, 0.25) is 5.91 Å². The van der Waals surface area contributed by atoms with Gasteiger partial charge in [-0.1, -0.05) is 42.5 Å². The summed E-state index contributed by atoms with van der Waals surface area (Å²) < 4.78 is 0. The van der Waals surface area contributed by atoms with E-state index in [2.05, 4.69) is 27.3 Å². The van der Waals surface area contributed by atoms with Crippen molar-refractivity contribution in [2.45, 2.75) is 13.1 Å². The van der Waals surface area contributed by atoms with E-state index in [-0.39, 0.29) is 24.0 Å². The molecule has 0 aliphatic heterocycles. The highest BCUT2D eigenvalue weighted by Gasteiger charge is 2.06. The first-order chi connectivity index (χ1) is 11.1. The van der Waals surface area contributed by atoms with E-state index in [0.717, 1.165) is 18.1 Å². The predicted octanol–water partition coefficient (Wildman–Crippen LogP) is 2.61. The first-order valence-corrected chi connectivity index (χ1v) is 7.44. The summed E-state index contributed by atoms with van der Waals surface area (Å²) in [6.45, 7) is 1.41. The fraction of sp³-hybridized carbons (Fsp3) is 0.222. The maximum absolute atomic E-state index is 11.1. The van der Waals surface area contributed by atoms with Gasteiger partial charge in [-0.05, 0) is 23.3 Å². The molecule has 0 aromatic heterocycles. The van der Waals surface area contributed by atoms with Crippen LogP contribution in [0, 0.1) is 0 Å². The monoisotopic (exact) mass is 438 g/mol. The first kappa shape index (κ1) is 20.0. The number of nitrogens with two attached hydrogens (primary N) is 1. The zero-order valence-corrected chi connectivity index (χ0v) is 16.2. The zero-order chi connectivity index (χ0) is 16.7. The summed E-state index contributed by atoms with van der Waals surface area (Å²) in [7, 11) is 3.76. The molecule has 0 fully saturated rings. The molecule has 0 aliphatic carbocycles. The van der Waals surface area contributed by atoms with E-state index in [0.29, 0.717) is 12.1 Å². The molecule has 6 heteroatoms. The molecule has 0 heterocycles. The van der Waals surface area contributed by atoms with E-state index in [1.807, 2.05) is 37.4 Å². The fourth-order valence-corrected chi connectivity index (χ4v) is 2.28. The minimum atomic E-state index is -0.414. The summed E-state index contributed by atoms with van der Waals surface area (Å²) in [4.78, 5) is 17.4. The van der Waals surface area contributed by atoms with Gasteiger partial charge in [0.15, 0.2) is 5.96 Å². The van der Waals surface area contributed by atoms with Crippen LogP contribution in [0.1, 0.15) is 21.5 Å². The van der Waals surface area contributed by atoms with Crippen LogP contribution >= 0.6 is 24.0 Å². The molecule has 3 N–H and O–H groups in total. The van der Waals surface area contributed by atoms with Crippen LogP contribution in [0.5, 0.6) is 0 Å². The van der Waals surface area contributed by atoms with Crippen LogP contribution in [0.3, 0.4) is 0 Å². The van der Waals surface area contributed by atoms with Crippen molar-refractivity contribution in [3.05, 3.63) is 71.3 Å². The van der Waals surface area contributed by atoms with Gasteiger partial charge >= 0.3 is 0 Å². The number of amides is 1. The summed E-state index contributed by atoms with van der Waals surface area (Å²) in [5, 5.41) is 3.31. The Labute approximate surface area is 160 Å². The van der Waals surface area contributed by atoms with Crippen LogP contribution in [0.25, 0.3) is 0 Å². The van der Waals surface area contributed by atoms with Crippen LogP contribution in [-0.2, 0) is 13.1 Å². The second kappa shape index (κ2) is 9.92. The second-order valence-electron chi connectivity index (χ2n) is 5.30. The van der Waals surface area contributed by atoms with Crippen molar-refractivity contribution in [3.63, 3.8) is 0 Å². The molecule has 2 aromatic rings. The Morgan fingerprint density at radius 1 is 1.08 bits per heavy atom. The standard InChI is InChI=1S/C18H22N4O.HI/c1-20-18(22(2)13-15-6-4-3-5-7-15)21-12-14-8-10-16(11-9-14)17(19)23;/h3-11H,12-13H2,1-2H3,(H2,19,23)(H,20,21);1H. The van der Waals surface area contributed by atoms with Gasteiger partial charge in [-0.2, -0.15) is 0 Å². The normalized spacial score (nSPS) is 10.7. The van der Waals surface area contributed by atoms with Crippen molar-refractivity contribution < 1.29 is 4.79 Å². The number of carbonyl (C=O) groups is 1. The molecule has 0 atom stereocenters. The van der Waals surface area contributed by atoms with Gasteiger partial charge in [0, 0.05) is 32.7 Å². The third-order valence-corrected chi connectivity index (χ3v) is 3.53. The predicted molar refractivity (Wildman–Crippen MR) is 108 cm³/mol. The van der Waals surface area contributed by atoms with Gasteiger partial charge in [0.05, 0.1) is 0 Å². The molecule has 0 aliphatic rings. The molecule has 24 heavy (non-hydrogen) atoms. The molecular weight excluding hydrogens is 415 g/mol. The molecule has 0 saturated carbocycles. The molecule has 128 valence electrons. The summed E-state index contributed by atoms with van der Waals surface area (Å²) in [6.07, 6.45) is 0. The molecule has 0 saturated heterocycles. The number of nitrogens with one attached hydrogen (secondary N) is 1. The Morgan fingerprint density at radius 2 is 1.71 bits per heavy atom. The van der Waals surface area contributed by atoms with Crippen molar-refractivity contribution >= 4 is 35.8 Å². The maximum Gasteiger partial charge on any atom is 0.248 e. The Hall–Kier alpha value is -2.09. The third kappa shape index (κ3) is 5.84. The Kier molecular flexibility index (Phi) is 8.25. The summed E-state index contributed by atoms with van der Waals surface area (Å²) >= 11 is 0. The minimum absolute atomic E-state index is 0. The lowest BCUT2D eigenvalue weighted by Crippen LogP contribution is -2.38. The van der Waals surface area contributed by atoms with Crippen molar-refractivity contribution in [2.75, 3.05) is 14.1 Å². The molecule has 2 rings (SSSR count). The molecule has 2 aromatic carbocycles. The van der Waals surface area contributed by atoms with Crippen molar-refractivity contribution in [2.24, 2.45) is 10.7 Å². The molecular formula is C18H23IN4O.